The molecule has 0 unspecified atom stereocenters. The quantitative estimate of drug-likeness (QED) is 0.912. The number of aliphatic hydroxyl groups excluding tert-OH is 1. The lowest BCUT2D eigenvalue weighted by Gasteiger charge is -2.34. The number of hydrogen-bond acceptors (Lipinski definition) is 2. The van der Waals surface area contributed by atoms with Crippen LogP contribution >= 0.6 is 0 Å². The SMILES string of the molecule is CN(C(=O)c1cccc(F)c1)C1CCC(CO)CC1. The maximum atomic E-state index is 13.1. The minimum atomic E-state index is -0.386. The lowest BCUT2D eigenvalue weighted by atomic mass is 9.86. The molecular formula is C15H20FNO2. The van der Waals surface area contributed by atoms with E-state index in [0.717, 1.165) is 25.7 Å². The molecule has 0 spiro atoms. The summed E-state index contributed by atoms with van der Waals surface area (Å²) in [5.74, 6) is -0.149. The van der Waals surface area contributed by atoms with Crippen molar-refractivity contribution in [1.29, 1.82) is 0 Å². The first-order valence-electron chi connectivity index (χ1n) is 6.75. The van der Waals surface area contributed by atoms with Gasteiger partial charge in [0.2, 0.25) is 0 Å². The maximum absolute atomic E-state index is 13.1. The van der Waals surface area contributed by atoms with Crippen molar-refractivity contribution in [3.63, 3.8) is 0 Å². The van der Waals surface area contributed by atoms with Gasteiger partial charge in [-0.05, 0) is 49.8 Å². The van der Waals surface area contributed by atoms with E-state index in [0.29, 0.717) is 11.5 Å². The second kappa shape index (κ2) is 6.15. The number of benzene rings is 1. The maximum Gasteiger partial charge on any atom is 0.253 e. The summed E-state index contributed by atoms with van der Waals surface area (Å²) in [6, 6.07) is 6.00. The van der Waals surface area contributed by atoms with E-state index < -0.39 is 0 Å². The highest BCUT2D eigenvalue weighted by molar-refractivity contribution is 5.94. The van der Waals surface area contributed by atoms with Crippen LogP contribution in [-0.2, 0) is 0 Å². The van der Waals surface area contributed by atoms with Crippen LogP contribution in [0.25, 0.3) is 0 Å². The van der Waals surface area contributed by atoms with Crippen LogP contribution in [0.3, 0.4) is 0 Å². The zero-order valence-corrected chi connectivity index (χ0v) is 11.2. The largest absolute Gasteiger partial charge is 0.396 e. The van der Waals surface area contributed by atoms with E-state index in [-0.39, 0.29) is 24.4 Å². The Kier molecular flexibility index (Phi) is 4.53. The first-order valence-corrected chi connectivity index (χ1v) is 6.75. The summed E-state index contributed by atoms with van der Waals surface area (Å²) in [6.45, 7) is 0.230. The number of aliphatic hydroxyl groups is 1. The second-order valence-electron chi connectivity index (χ2n) is 5.28. The predicted molar refractivity (Wildman–Crippen MR) is 71.3 cm³/mol. The van der Waals surface area contributed by atoms with Crippen LogP contribution < -0.4 is 0 Å². The molecule has 0 saturated heterocycles. The Hall–Kier alpha value is -1.42. The molecule has 1 aromatic rings. The van der Waals surface area contributed by atoms with E-state index in [1.807, 2.05) is 0 Å². The number of halogens is 1. The summed E-state index contributed by atoms with van der Waals surface area (Å²) in [5, 5.41) is 9.11. The zero-order chi connectivity index (χ0) is 13.8. The number of rotatable bonds is 3. The number of nitrogens with zero attached hydrogens (tertiary/aromatic N) is 1. The molecule has 1 fully saturated rings. The molecule has 1 saturated carbocycles. The van der Waals surface area contributed by atoms with E-state index in [4.69, 9.17) is 5.11 Å². The topological polar surface area (TPSA) is 40.5 Å². The molecule has 1 N–H and O–H groups in total. The van der Waals surface area contributed by atoms with Gasteiger partial charge in [0.1, 0.15) is 5.82 Å². The first kappa shape index (κ1) is 14.0. The van der Waals surface area contributed by atoms with Gasteiger partial charge in [-0.1, -0.05) is 6.07 Å². The van der Waals surface area contributed by atoms with Gasteiger partial charge in [0.05, 0.1) is 0 Å². The van der Waals surface area contributed by atoms with Gasteiger partial charge in [-0.15, -0.1) is 0 Å². The fourth-order valence-electron chi connectivity index (χ4n) is 2.71. The number of hydrogen-bond donors (Lipinski definition) is 1. The van der Waals surface area contributed by atoms with Crippen molar-refractivity contribution in [2.45, 2.75) is 31.7 Å². The molecule has 0 atom stereocenters. The standard InChI is InChI=1S/C15H20FNO2/c1-17(14-7-5-11(10-18)6-8-14)15(19)12-3-2-4-13(16)9-12/h2-4,9,11,14,18H,5-8,10H2,1H3. The molecule has 4 heteroatoms. The number of carbonyl (C=O) groups excluding carboxylic acids is 1. The molecular weight excluding hydrogens is 245 g/mol. The molecule has 1 aliphatic carbocycles. The third-order valence-corrected chi connectivity index (χ3v) is 4.01. The lowest BCUT2D eigenvalue weighted by molar-refractivity contribution is 0.0652. The van der Waals surface area contributed by atoms with Crippen LogP contribution in [0.5, 0.6) is 0 Å². The van der Waals surface area contributed by atoms with Gasteiger partial charge in [-0.25, -0.2) is 4.39 Å². The van der Waals surface area contributed by atoms with Gasteiger partial charge in [-0.3, -0.25) is 4.79 Å². The van der Waals surface area contributed by atoms with Crippen molar-refractivity contribution in [2.24, 2.45) is 5.92 Å². The highest BCUT2D eigenvalue weighted by Gasteiger charge is 2.26. The van der Waals surface area contributed by atoms with Gasteiger partial charge < -0.3 is 10.0 Å². The number of amides is 1. The third kappa shape index (κ3) is 3.32. The highest BCUT2D eigenvalue weighted by Crippen LogP contribution is 2.27. The third-order valence-electron chi connectivity index (χ3n) is 4.01. The van der Waals surface area contributed by atoms with Crippen LogP contribution in [0.1, 0.15) is 36.0 Å². The van der Waals surface area contributed by atoms with E-state index in [1.54, 1.807) is 24.1 Å². The molecule has 0 bridgehead atoms. The van der Waals surface area contributed by atoms with E-state index >= 15 is 0 Å². The Morgan fingerprint density at radius 1 is 1.37 bits per heavy atom. The summed E-state index contributed by atoms with van der Waals surface area (Å²) in [4.78, 5) is 14.0. The van der Waals surface area contributed by atoms with Crippen molar-refractivity contribution in [3.8, 4) is 0 Å². The minimum absolute atomic E-state index is 0.132. The summed E-state index contributed by atoms with van der Waals surface area (Å²) in [7, 11) is 1.77. The predicted octanol–water partition coefficient (Wildman–Crippen LogP) is 2.45. The van der Waals surface area contributed by atoms with E-state index in [9.17, 15) is 9.18 Å². The fraction of sp³-hybridized carbons (Fsp3) is 0.533. The van der Waals surface area contributed by atoms with Gasteiger partial charge in [0.25, 0.3) is 5.91 Å². The van der Waals surface area contributed by atoms with Crippen LogP contribution in [0.4, 0.5) is 4.39 Å². The first-order chi connectivity index (χ1) is 9.11. The van der Waals surface area contributed by atoms with Crippen LogP contribution in [-0.4, -0.2) is 35.6 Å². The average molecular weight is 265 g/mol. The van der Waals surface area contributed by atoms with Crippen LogP contribution in [0, 0.1) is 11.7 Å². The van der Waals surface area contributed by atoms with Crippen LogP contribution in [0.15, 0.2) is 24.3 Å². The molecule has 0 aromatic heterocycles. The van der Waals surface area contributed by atoms with E-state index in [1.165, 1.54) is 12.1 Å². The Morgan fingerprint density at radius 2 is 2.05 bits per heavy atom. The number of carbonyl (C=O) groups is 1. The Labute approximate surface area is 113 Å². The second-order valence-corrected chi connectivity index (χ2v) is 5.28. The molecule has 1 amide bonds. The molecule has 0 heterocycles. The smallest absolute Gasteiger partial charge is 0.253 e. The molecule has 1 aromatic carbocycles. The van der Waals surface area contributed by atoms with Crippen molar-refractivity contribution in [2.75, 3.05) is 13.7 Å². The lowest BCUT2D eigenvalue weighted by Crippen LogP contribution is -2.39. The summed E-state index contributed by atoms with van der Waals surface area (Å²) >= 11 is 0. The molecule has 3 nitrogen and oxygen atoms in total. The van der Waals surface area contributed by atoms with Crippen molar-refractivity contribution >= 4 is 5.91 Å². The molecule has 1 aliphatic rings. The van der Waals surface area contributed by atoms with Crippen LogP contribution in [0.2, 0.25) is 0 Å². The Morgan fingerprint density at radius 3 is 2.63 bits per heavy atom. The normalized spacial score (nSPS) is 23.1. The van der Waals surface area contributed by atoms with E-state index in [2.05, 4.69) is 0 Å². The van der Waals surface area contributed by atoms with Crippen molar-refractivity contribution in [3.05, 3.63) is 35.6 Å². The van der Waals surface area contributed by atoms with Gasteiger partial charge >= 0.3 is 0 Å². The highest BCUT2D eigenvalue weighted by atomic mass is 19.1. The van der Waals surface area contributed by atoms with Gasteiger partial charge in [-0.2, -0.15) is 0 Å². The average Bonchev–Trinajstić information content (AvgIpc) is 2.46. The molecule has 0 aliphatic heterocycles. The fourth-order valence-corrected chi connectivity index (χ4v) is 2.71. The van der Waals surface area contributed by atoms with Gasteiger partial charge in [0.15, 0.2) is 0 Å². The monoisotopic (exact) mass is 265 g/mol. The minimum Gasteiger partial charge on any atom is -0.396 e. The Balaban J connectivity index is 2.00. The Bertz CT molecular complexity index is 442. The molecule has 2 rings (SSSR count). The summed E-state index contributed by atoms with van der Waals surface area (Å²) < 4.78 is 13.1. The van der Waals surface area contributed by atoms with Gasteiger partial charge in [0, 0.05) is 25.3 Å². The summed E-state index contributed by atoms with van der Waals surface area (Å²) in [6.07, 6.45) is 3.70. The molecule has 104 valence electrons. The molecule has 0 radical (unpaired) electrons. The summed E-state index contributed by atoms with van der Waals surface area (Å²) in [5.41, 5.74) is 0.395. The van der Waals surface area contributed by atoms with Crippen molar-refractivity contribution < 1.29 is 14.3 Å². The zero-order valence-electron chi connectivity index (χ0n) is 11.2. The van der Waals surface area contributed by atoms with Crippen molar-refractivity contribution in [1.82, 2.24) is 4.90 Å². The molecule has 19 heavy (non-hydrogen) atoms.